The molecule has 2 aliphatic rings. The van der Waals surface area contributed by atoms with Crippen LogP contribution in [0.2, 0.25) is 0 Å². The first-order valence-electron chi connectivity index (χ1n) is 26.7. The fourth-order valence-electron chi connectivity index (χ4n) is 8.59. The van der Waals surface area contributed by atoms with Gasteiger partial charge < -0.3 is 47.4 Å². The van der Waals surface area contributed by atoms with Gasteiger partial charge in [-0.3, -0.25) is 34.7 Å². The van der Waals surface area contributed by atoms with Gasteiger partial charge in [0.1, 0.15) is 55.1 Å². The van der Waals surface area contributed by atoms with Crippen molar-refractivity contribution in [3.05, 3.63) is 151 Å². The minimum absolute atomic E-state index is 0.0190. The van der Waals surface area contributed by atoms with E-state index in [0.29, 0.717) is 74.1 Å². The highest BCUT2D eigenvalue weighted by Gasteiger charge is 2.34. The molecule has 24 nitrogen and oxygen atoms in total. The molecular formula is C60H62N4O20S. The van der Waals surface area contributed by atoms with Gasteiger partial charge in [-0.1, -0.05) is 37.6 Å². The molecule has 4 aromatic rings. The van der Waals surface area contributed by atoms with Gasteiger partial charge in [-0.25, -0.2) is 19.2 Å². The number of nitro benzene ring substituents is 1. The van der Waals surface area contributed by atoms with Crippen LogP contribution < -0.4 is 29.1 Å². The summed E-state index contributed by atoms with van der Waals surface area (Å²) in [6, 6.07) is 20.9. The van der Waals surface area contributed by atoms with E-state index in [2.05, 4.69) is 42.1 Å². The maximum Gasteiger partial charge on any atom is 0.330 e. The molecular weight excluding hydrogens is 1130 g/mol. The molecule has 1 N–H and O–H groups in total. The Balaban J connectivity index is 0.981. The number of carbonyl (C=O) groups is 8. The molecule has 0 saturated heterocycles. The van der Waals surface area contributed by atoms with Crippen LogP contribution >= 0.6 is 12.6 Å². The molecule has 2 fully saturated rings. The van der Waals surface area contributed by atoms with Crippen LogP contribution in [0.15, 0.2) is 151 Å². The minimum atomic E-state index is -0.944. The van der Waals surface area contributed by atoms with Crippen LogP contribution in [0.5, 0.6) is 28.7 Å². The Labute approximate surface area is 493 Å². The number of hydrogen-bond donors (Lipinski definition) is 2. The van der Waals surface area contributed by atoms with Gasteiger partial charge in [-0.2, -0.15) is 0 Å². The molecule has 25 heteroatoms. The predicted molar refractivity (Wildman–Crippen MR) is 304 cm³/mol. The zero-order valence-corrected chi connectivity index (χ0v) is 46.9. The lowest BCUT2D eigenvalue weighted by Gasteiger charge is -2.26. The Morgan fingerprint density at radius 3 is 1.38 bits per heavy atom. The van der Waals surface area contributed by atoms with E-state index in [1.807, 2.05) is 0 Å². The molecule has 0 amide bonds. The van der Waals surface area contributed by atoms with Gasteiger partial charge in [0, 0.05) is 47.8 Å². The molecule has 0 aromatic heterocycles. The third-order valence-electron chi connectivity index (χ3n) is 13.2. The molecule has 0 heterocycles. The summed E-state index contributed by atoms with van der Waals surface area (Å²) in [6.45, 7) is 12.4. The molecule has 4 aromatic carbocycles. The van der Waals surface area contributed by atoms with Crippen LogP contribution in [-0.4, -0.2) is 97.9 Å². The fourth-order valence-corrected chi connectivity index (χ4v) is 8.93. The molecule has 0 spiro atoms. The molecule has 6 rings (SSSR count). The maximum absolute atomic E-state index is 13.7. The number of non-ortho nitro benzene ring substituents is 1. The average Bonchev–Trinajstić information content (AvgIpc) is 3.59. The Morgan fingerprint density at radius 2 is 0.953 bits per heavy atom. The van der Waals surface area contributed by atoms with E-state index in [-0.39, 0.29) is 73.0 Å². The third kappa shape index (κ3) is 20.6. The lowest BCUT2D eigenvalue weighted by atomic mass is 9.82. The van der Waals surface area contributed by atoms with Crippen LogP contribution in [0, 0.1) is 33.8 Å². The van der Waals surface area contributed by atoms with Crippen molar-refractivity contribution >= 4 is 77.4 Å². The van der Waals surface area contributed by atoms with E-state index in [9.17, 15) is 48.5 Å². The van der Waals surface area contributed by atoms with Crippen LogP contribution in [0.3, 0.4) is 0 Å². The lowest BCUT2D eigenvalue weighted by molar-refractivity contribution is -0.384. The number of nitrogens with one attached hydrogen (secondary N) is 1. The van der Waals surface area contributed by atoms with E-state index < -0.39 is 88.6 Å². The Morgan fingerprint density at radius 1 is 0.541 bits per heavy atom. The average molecular weight is 1190 g/mol. The summed E-state index contributed by atoms with van der Waals surface area (Å²) in [5.41, 5.74) is 3.56. The van der Waals surface area contributed by atoms with Crippen molar-refractivity contribution in [2.45, 2.75) is 74.9 Å². The fraction of sp³-hybridized carbons (Fsp3) is 0.333. The molecule has 85 heavy (non-hydrogen) atoms. The Hall–Kier alpha value is -9.65. The molecule has 2 saturated carbocycles. The topological polar surface area (TPSA) is 309 Å². The summed E-state index contributed by atoms with van der Waals surface area (Å²) in [6.07, 6.45) is 4.97. The zero-order chi connectivity index (χ0) is 61.3. The standard InChI is InChI=1S/C60H62N4O20S/c1-5-51(65)78-35-48(80-53(67)7-3)33-76-44-22-26-46(27-23-44)82-58(70)39-11-9-38(10-12-39)57(69)75-32-31-37-17-30-50(55(56(37)85)62-63-61-42-18-20-43(21-19-42)64(73)74)84-60(72)41-15-13-40(14-16-41)59(71)83-47-28-24-45(25-29-47)77-34-49(81-54(68)8-4)36-79-52(66)6-2/h5-8,17-30,38-41,48-49,85H,1-4,9-16,31-36H2,(H,61,62). The number of benzene rings is 4. The van der Waals surface area contributed by atoms with E-state index >= 15 is 0 Å². The molecule has 0 aliphatic heterocycles. The van der Waals surface area contributed by atoms with E-state index in [1.54, 1.807) is 30.3 Å². The first-order chi connectivity index (χ1) is 40.9. The molecule has 448 valence electrons. The van der Waals surface area contributed by atoms with Crippen molar-refractivity contribution in [2.75, 3.05) is 38.5 Å². The monoisotopic (exact) mass is 1190 g/mol. The largest absolute Gasteiger partial charge is 0.490 e. The molecule has 2 aliphatic carbocycles. The normalized spacial score (nSPS) is 17.0. The number of esters is 8. The summed E-state index contributed by atoms with van der Waals surface area (Å²) >= 11 is 4.73. The van der Waals surface area contributed by atoms with Gasteiger partial charge in [0.2, 0.25) is 0 Å². The molecule has 2 atom stereocenters. The van der Waals surface area contributed by atoms with Crippen molar-refractivity contribution in [1.29, 1.82) is 0 Å². The van der Waals surface area contributed by atoms with Crippen LogP contribution in [0.4, 0.5) is 17.1 Å². The highest BCUT2D eigenvalue weighted by Crippen LogP contribution is 2.40. The van der Waals surface area contributed by atoms with Crippen LogP contribution in [-0.2, 0) is 68.5 Å². The van der Waals surface area contributed by atoms with Crippen molar-refractivity contribution in [3.63, 3.8) is 0 Å². The highest BCUT2D eigenvalue weighted by molar-refractivity contribution is 7.80. The van der Waals surface area contributed by atoms with Gasteiger partial charge in [0.25, 0.3) is 5.69 Å². The van der Waals surface area contributed by atoms with Gasteiger partial charge in [-0.05, 0) is 124 Å². The second-order valence-corrected chi connectivity index (χ2v) is 19.5. The van der Waals surface area contributed by atoms with Crippen LogP contribution in [0.25, 0.3) is 0 Å². The van der Waals surface area contributed by atoms with E-state index in [0.717, 1.165) is 24.3 Å². The van der Waals surface area contributed by atoms with Crippen molar-refractivity contribution < 1.29 is 90.6 Å². The number of carbonyl (C=O) groups excluding carboxylic acids is 8. The van der Waals surface area contributed by atoms with E-state index in [1.165, 1.54) is 54.6 Å². The third-order valence-corrected chi connectivity index (χ3v) is 13.7. The second-order valence-electron chi connectivity index (χ2n) is 19.1. The highest BCUT2D eigenvalue weighted by atomic mass is 32.1. The van der Waals surface area contributed by atoms with Crippen molar-refractivity contribution in [3.8, 4) is 28.7 Å². The number of ether oxygens (including phenoxy) is 10. The lowest BCUT2D eigenvalue weighted by Crippen LogP contribution is -2.30. The van der Waals surface area contributed by atoms with Gasteiger partial charge >= 0.3 is 47.8 Å². The summed E-state index contributed by atoms with van der Waals surface area (Å²) in [5.74, 6) is -5.63. The first-order valence-corrected chi connectivity index (χ1v) is 27.2. The van der Waals surface area contributed by atoms with Gasteiger partial charge in [-0.15, -0.1) is 17.7 Å². The summed E-state index contributed by atoms with van der Waals surface area (Å²) in [7, 11) is 0. The molecule has 0 bridgehead atoms. The zero-order valence-electron chi connectivity index (χ0n) is 46.0. The second kappa shape index (κ2) is 32.9. The summed E-state index contributed by atoms with van der Waals surface area (Å²) in [4.78, 5) is 111. The van der Waals surface area contributed by atoms with Crippen molar-refractivity contribution in [2.24, 2.45) is 34.0 Å². The number of hydrogen-bond acceptors (Lipinski definition) is 23. The molecule has 0 radical (unpaired) electrons. The van der Waals surface area contributed by atoms with Gasteiger partial charge in [0.15, 0.2) is 18.0 Å². The summed E-state index contributed by atoms with van der Waals surface area (Å²) in [5, 5.41) is 19.5. The number of nitro groups is 1. The minimum Gasteiger partial charge on any atom is -0.490 e. The van der Waals surface area contributed by atoms with Crippen molar-refractivity contribution in [1.82, 2.24) is 0 Å². The van der Waals surface area contributed by atoms with E-state index in [4.69, 9.17) is 60.0 Å². The Bertz CT molecular complexity index is 3100. The SMILES string of the molecule is C=CC(=O)OCC(COc1ccc(OC(=O)C2CCC(C(=O)OCCc3ccc(OC(=O)C4CCC(C(=O)Oc5ccc(OCC(COC(=O)C=C)OC(=O)C=C)cc5)CC4)c(N=NNc4ccc([N+](=O)[O-])cc4)c3S)CC2)cc1)OC(=O)C=C. The number of nitrogens with zero attached hydrogens (tertiary/aromatic N) is 3. The predicted octanol–water partition coefficient (Wildman–Crippen LogP) is 9.22. The van der Waals surface area contributed by atoms with Crippen LogP contribution in [0.1, 0.15) is 56.9 Å². The number of rotatable bonds is 30. The maximum atomic E-state index is 13.7. The smallest absolute Gasteiger partial charge is 0.330 e. The Kier molecular flexibility index (Phi) is 24.9. The summed E-state index contributed by atoms with van der Waals surface area (Å²) < 4.78 is 54.5. The molecule has 2 unspecified atom stereocenters. The number of anilines is 1. The van der Waals surface area contributed by atoms with Gasteiger partial charge in [0.05, 0.1) is 40.9 Å². The quantitative estimate of drug-likeness (QED) is 0.00718. The number of thiol groups is 1. The first kappa shape index (κ1) is 64.5.